The van der Waals surface area contributed by atoms with E-state index >= 15 is 0 Å². The van der Waals surface area contributed by atoms with Crippen molar-refractivity contribution in [2.45, 2.75) is 39.5 Å². The monoisotopic (exact) mass is 371 g/mol. The van der Waals surface area contributed by atoms with Gasteiger partial charge in [-0.25, -0.2) is 0 Å². The summed E-state index contributed by atoms with van der Waals surface area (Å²) >= 11 is 5.30. The van der Waals surface area contributed by atoms with Crippen molar-refractivity contribution in [3.8, 4) is 0 Å². The first-order valence-electron chi connectivity index (χ1n) is 7.42. The number of nitrogens with zero attached hydrogens (tertiary/aromatic N) is 1. The number of amides is 1. The van der Waals surface area contributed by atoms with Crippen LogP contribution in [-0.4, -0.2) is 29.6 Å². The number of carbonyl (C=O) groups excluding carboxylic acids is 1. The number of hydrogen-bond acceptors (Lipinski definition) is 2. The topological polar surface area (TPSA) is 20.3 Å². The Morgan fingerprint density at radius 1 is 1.29 bits per heavy atom. The summed E-state index contributed by atoms with van der Waals surface area (Å²) in [6, 6.07) is 8.38. The molecule has 2 nitrogen and oxygen atoms in total. The second-order valence-corrected chi connectivity index (χ2v) is 8.38. The average Bonchev–Trinajstić information content (AvgIpc) is 2.43. The minimum atomic E-state index is 0.0693. The van der Waals surface area contributed by atoms with Gasteiger partial charge in [0.2, 0.25) is 5.91 Å². The summed E-state index contributed by atoms with van der Waals surface area (Å²) in [6.07, 6.45) is 0. The van der Waals surface area contributed by atoms with Crippen LogP contribution < -0.4 is 0 Å². The Hall–Kier alpha value is -0.480. The Balaban J connectivity index is 2.59. The molecule has 4 heteroatoms. The Morgan fingerprint density at radius 3 is 2.33 bits per heavy atom. The lowest BCUT2D eigenvalue weighted by atomic mass is 9.95. The molecule has 1 aromatic rings. The minimum absolute atomic E-state index is 0.0693. The van der Waals surface area contributed by atoms with Gasteiger partial charge in [-0.2, -0.15) is 0 Å². The molecular weight excluding hydrogens is 346 g/mol. The summed E-state index contributed by atoms with van der Waals surface area (Å²) in [6.45, 7) is 12.0. The van der Waals surface area contributed by atoms with Crippen LogP contribution >= 0.6 is 27.7 Å². The molecule has 0 aliphatic carbocycles. The van der Waals surface area contributed by atoms with Crippen LogP contribution in [0.4, 0.5) is 0 Å². The summed E-state index contributed by atoms with van der Waals surface area (Å²) in [5, 5.41) is 0. The lowest BCUT2D eigenvalue weighted by molar-refractivity contribution is -0.135. The fourth-order valence-electron chi connectivity index (χ4n) is 2.08. The van der Waals surface area contributed by atoms with Crippen LogP contribution in [0.3, 0.4) is 0 Å². The molecule has 21 heavy (non-hydrogen) atoms. The van der Waals surface area contributed by atoms with Gasteiger partial charge in [-0.15, -0.1) is 11.8 Å². The van der Waals surface area contributed by atoms with Gasteiger partial charge in [-0.05, 0) is 36.6 Å². The summed E-state index contributed by atoms with van der Waals surface area (Å²) in [5.41, 5.74) is 0.0955. The van der Waals surface area contributed by atoms with Gasteiger partial charge in [0.05, 0.1) is 0 Å². The van der Waals surface area contributed by atoms with Crippen LogP contribution in [-0.2, 0) is 4.79 Å². The zero-order chi connectivity index (χ0) is 16.0. The van der Waals surface area contributed by atoms with E-state index in [1.165, 1.54) is 4.90 Å². The molecule has 1 rings (SSSR count). The standard InChI is InChI=1S/C17H26BrNOS/c1-6-19(16(20)13(2)3)11-17(4,5)12-21-15-9-7-14(18)8-10-15/h7-10,13H,6,11-12H2,1-5H3. The number of hydrogen-bond donors (Lipinski definition) is 0. The van der Waals surface area contributed by atoms with Crippen molar-refractivity contribution >= 4 is 33.6 Å². The highest BCUT2D eigenvalue weighted by molar-refractivity contribution is 9.10. The first-order chi connectivity index (χ1) is 9.75. The van der Waals surface area contributed by atoms with E-state index in [-0.39, 0.29) is 17.2 Å². The molecule has 0 heterocycles. The van der Waals surface area contributed by atoms with E-state index in [1.807, 2.05) is 30.5 Å². The third-order valence-electron chi connectivity index (χ3n) is 3.25. The van der Waals surface area contributed by atoms with E-state index in [4.69, 9.17) is 0 Å². The van der Waals surface area contributed by atoms with Gasteiger partial charge in [-0.3, -0.25) is 4.79 Å². The second-order valence-electron chi connectivity index (χ2n) is 6.41. The summed E-state index contributed by atoms with van der Waals surface area (Å²) in [7, 11) is 0. The quantitative estimate of drug-likeness (QED) is 0.623. The van der Waals surface area contributed by atoms with Crippen molar-refractivity contribution in [3.63, 3.8) is 0 Å². The molecule has 0 radical (unpaired) electrons. The molecule has 0 aromatic heterocycles. The second kappa shape index (κ2) is 8.23. The fraction of sp³-hybridized carbons (Fsp3) is 0.588. The third kappa shape index (κ3) is 6.43. The van der Waals surface area contributed by atoms with E-state index in [0.717, 1.165) is 23.3 Å². The van der Waals surface area contributed by atoms with E-state index in [1.54, 1.807) is 0 Å². The predicted molar refractivity (Wildman–Crippen MR) is 95.7 cm³/mol. The molecule has 1 aromatic carbocycles. The summed E-state index contributed by atoms with van der Waals surface area (Å²) < 4.78 is 1.10. The highest BCUT2D eigenvalue weighted by atomic mass is 79.9. The fourth-order valence-corrected chi connectivity index (χ4v) is 3.32. The van der Waals surface area contributed by atoms with Crippen molar-refractivity contribution in [1.82, 2.24) is 4.90 Å². The largest absolute Gasteiger partial charge is 0.342 e. The van der Waals surface area contributed by atoms with Crippen molar-refractivity contribution in [2.24, 2.45) is 11.3 Å². The van der Waals surface area contributed by atoms with E-state index < -0.39 is 0 Å². The summed E-state index contributed by atoms with van der Waals surface area (Å²) in [4.78, 5) is 15.4. The van der Waals surface area contributed by atoms with Gasteiger partial charge in [-0.1, -0.05) is 43.6 Å². The zero-order valence-corrected chi connectivity index (χ0v) is 16.1. The Labute approximate surface area is 141 Å². The van der Waals surface area contributed by atoms with E-state index in [0.29, 0.717) is 0 Å². The maximum atomic E-state index is 12.2. The van der Waals surface area contributed by atoms with Crippen LogP contribution in [0.5, 0.6) is 0 Å². The van der Waals surface area contributed by atoms with Gasteiger partial charge in [0.1, 0.15) is 0 Å². The molecule has 0 saturated heterocycles. The highest BCUT2D eigenvalue weighted by Gasteiger charge is 2.25. The highest BCUT2D eigenvalue weighted by Crippen LogP contribution is 2.29. The molecule has 0 fully saturated rings. The smallest absolute Gasteiger partial charge is 0.225 e. The first kappa shape index (κ1) is 18.6. The molecule has 0 saturated carbocycles. The van der Waals surface area contributed by atoms with Crippen LogP contribution in [0.15, 0.2) is 33.6 Å². The van der Waals surface area contributed by atoms with Gasteiger partial charge < -0.3 is 4.90 Å². The van der Waals surface area contributed by atoms with Crippen LogP contribution in [0.25, 0.3) is 0 Å². The Morgan fingerprint density at radius 2 is 1.86 bits per heavy atom. The molecule has 0 N–H and O–H groups in total. The molecule has 1 amide bonds. The average molecular weight is 372 g/mol. The van der Waals surface area contributed by atoms with Gasteiger partial charge in [0, 0.05) is 34.1 Å². The van der Waals surface area contributed by atoms with Crippen molar-refractivity contribution in [2.75, 3.05) is 18.8 Å². The van der Waals surface area contributed by atoms with Gasteiger partial charge >= 0.3 is 0 Å². The number of thioether (sulfide) groups is 1. The van der Waals surface area contributed by atoms with E-state index in [2.05, 4.69) is 61.0 Å². The zero-order valence-electron chi connectivity index (χ0n) is 13.6. The molecule has 0 atom stereocenters. The molecule has 0 aliphatic heterocycles. The maximum Gasteiger partial charge on any atom is 0.225 e. The minimum Gasteiger partial charge on any atom is -0.342 e. The van der Waals surface area contributed by atoms with E-state index in [9.17, 15) is 4.79 Å². The predicted octanol–water partition coefficient (Wildman–Crippen LogP) is 5.07. The van der Waals surface area contributed by atoms with Crippen molar-refractivity contribution < 1.29 is 4.79 Å². The Bertz CT molecular complexity index is 456. The maximum absolute atomic E-state index is 12.2. The SMILES string of the molecule is CCN(CC(C)(C)CSc1ccc(Br)cc1)C(=O)C(C)C. The van der Waals surface area contributed by atoms with Crippen LogP contribution in [0.1, 0.15) is 34.6 Å². The molecule has 0 aliphatic rings. The lowest BCUT2D eigenvalue weighted by Crippen LogP contribution is -2.41. The normalized spacial score (nSPS) is 11.8. The molecule has 118 valence electrons. The van der Waals surface area contributed by atoms with Gasteiger partial charge in [0.15, 0.2) is 0 Å². The van der Waals surface area contributed by atoms with Crippen LogP contribution in [0, 0.1) is 11.3 Å². The Kier molecular flexibility index (Phi) is 7.28. The number of carbonyl (C=O) groups is 1. The van der Waals surface area contributed by atoms with Crippen LogP contribution in [0.2, 0.25) is 0 Å². The molecule has 0 spiro atoms. The molecule has 0 bridgehead atoms. The third-order valence-corrected chi connectivity index (χ3v) is 5.31. The molecular formula is C17H26BrNOS. The van der Waals surface area contributed by atoms with Gasteiger partial charge in [0.25, 0.3) is 0 Å². The van der Waals surface area contributed by atoms with Crippen molar-refractivity contribution in [1.29, 1.82) is 0 Å². The number of rotatable bonds is 7. The van der Waals surface area contributed by atoms with Crippen molar-refractivity contribution in [3.05, 3.63) is 28.7 Å². The lowest BCUT2D eigenvalue weighted by Gasteiger charge is -2.33. The number of benzene rings is 1. The molecule has 0 unspecified atom stereocenters. The first-order valence-corrected chi connectivity index (χ1v) is 9.20. The number of halogens is 1. The summed E-state index contributed by atoms with van der Waals surface area (Å²) in [5.74, 6) is 1.32.